The molecule has 1 aromatic rings. The van der Waals surface area contributed by atoms with Crippen LogP contribution < -0.4 is 5.73 Å². The van der Waals surface area contributed by atoms with Gasteiger partial charge in [-0.25, -0.2) is 0 Å². The number of nitrogens with zero attached hydrogens (tertiary/aromatic N) is 1. The molecule has 0 fully saturated rings. The molecule has 0 aliphatic carbocycles. The summed E-state index contributed by atoms with van der Waals surface area (Å²) in [6.45, 7) is 2.10. The number of halogens is 1. The van der Waals surface area contributed by atoms with Gasteiger partial charge in [-0.15, -0.1) is 0 Å². The Kier molecular flexibility index (Phi) is 4.58. The van der Waals surface area contributed by atoms with Gasteiger partial charge < -0.3 is 10.6 Å². The molecule has 15 heavy (non-hydrogen) atoms. The fraction of sp³-hybridized carbons (Fsp3) is 0.500. The molecule has 84 valence electrons. The summed E-state index contributed by atoms with van der Waals surface area (Å²) < 4.78 is 0. The number of likely N-dealkylation sites (N-methyl/N-ethyl adjacent to an activating group) is 1. The summed E-state index contributed by atoms with van der Waals surface area (Å²) in [7, 11) is 4.06. The molecule has 0 saturated carbocycles. The van der Waals surface area contributed by atoms with Crippen molar-refractivity contribution in [3.05, 3.63) is 34.9 Å². The maximum atomic E-state index is 6.18. The van der Waals surface area contributed by atoms with Gasteiger partial charge in [-0.1, -0.05) is 36.7 Å². The van der Waals surface area contributed by atoms with Gasteiger partial charge in [-0.3, -0.25) is 0 Å². The predicted octanol–water partition coefficient (Wildman–Crippen LogP) is 2.68. The van der Waals surface area contributed by atoms with Crippen LogP contribution in [0.2, 0.25) is 5.02 Å². The lowest BCUT2D eigenvalue weighted by Crippen LogP contribution is -2.37. The zero-order valence-electron chi connectivity index (χ0n) is 9.57. The van der Waals surface area contributed by atoms with Crippen LogP contribution in [0.15, 0.2) is 24.3 Å². The van der Waals surface area contributed by atoms with E-state index in [1.165, 1.54) is 0 Å². The lowest BCUT2D eigenvalue weighted by Gasteiger charge is -2.30. The Balaban J connectivity index is 3.04. The molecular weight excluding hydrogens is 208 g/mol. The fourth-order valence-corrected chi connectivity index (χ4v) is 2.08. The van der Waals surface area contributed by atoms with Crippen LogP contribution in [0.5, 0.6) is 0 Å². The van der Waals surface area contributed by atoms with Gasteiger partial charge in [0.1, 0.15) is 0 Å². The molecule has 0 heterocycles. The molecule has 0 spiro atoms. The van der Waals surface area contributed by atoms with E-state index in [2.05, 4.69) is 11.8 Å². The van der Waals surface area contributed by atoms with E-state index in [4.69, 9.17) is 17.3 Å². The number of nitrogens with two attached hydrogens (primary N) is 1. The highest BCUT2D eigenvalue weighted by molar-refractivity contribution is 6.31. The van der Waals surface area contributed by atoms with E-state index in [9.17, 15) is 0 Å². The zero-order valence-corrected chi connectivity index (χ0v) is 10.3. The first-order valence-corrected chi connectivity index (χ1v) is 5.62. The van der Waals surface area contributed by atoms with Crippen molar-refractivity contribution in [1.29, 1.82) is 0 Å². The minimum Gasteiger partial charge on any atom is -0.326 e. The minimum absolute atomic E-state index is 0.111. The van der Waals surface area contributed by atoms with Crippen LogP contribution in [-0.2, 0) is 0 Å². The maximum Gasteiger partial charge on any atom is 0.0508 e. The van der Waals surface area contributed by atoms with Crippen molar-refractivity contribution in [3.8, 4) is 0 Å². The van der Waals surface area contributed by atoms with E-state index in [-0.39, 0.29) is 12.1 Å². The molecule has 0 aliphatic rings. The van der Waals surface area contributed by atoms with Gasteiger partial charge in [0.2, 0.25) is 0 Å². The molecule has 0 aromatic heterocycles. The molecule has 0 aliphatic heterocycles. The first kappa shape index (κ1) is 12.5. The SMILES string of the molecule is CCC(N)C(c1ccccc1Cl)N(C)C. The van der Waals surface area contributed by atoms with Gasteiger partial charge >= 0.3 is 0 Å². The first-order chi connectivity index (χ1) is 7.07. The molecule has 0 radical (unpaired) electrons. The smallest absolute Gasteiger partial charge is 0.0508 e. The van der Waals surface area contributed by atoms with Gasteiger partial charge in [0.05, 0.1) is 6.04 Å². The second kappa shape index (κ2) is 5.50. The van der Waals surface area contributed by atoms with Crippen molar-refractivity contribution in [2.24, 2.45) is 5.73 Å². The van der Waals surface area contributed by atoms with Crippen LogP contribution in [-0.4, -0.2) is 25.0 Å². The average molecular weight is 227 g/mol. The number of hydrogen-bond acceptors (Lipinski definition) is 2. The van der Waals surface area contributed by atoms with E-state index < -0.39 is 0 Å². The van der Waals surface area contributed by atoms with E-state index in [1.807, 2.05) is 38.4 Å². The Hall–Kier alpha value is -0.570. The monoisotopic (exact) mass is 226 g/mol. The molecule has 3 heteroatoms. The van der Waals surface area contributed by atoms with E-state index in [1.54, 1.807) is 0 Å². The van der Waals surface area contributed by atoms with Crippen molar-refractivity contribution >= 4 is 11.6 Å². The summed E-state index contributed by atoms with van der Waals surface area (Å²) >= 11 is 6.18. The Bertz CT molecular complexity index is 312. The largest absolute Gasteiger partial charge is 0.326 e. The number of hydrogen-bond donors (Lipinski definition) is 1. The van der Waals surface area contributed by atoms with Crippen LogP contribution in [0.4, 0.5) is 0 Å². The lowest BCUT2D eigenvalue weighted by atomic mass is 9.97. The topological polar surface area (TPSA) is 29.3 Å². The van der Waals surface area contributed by atoms with Crippen LogP contribution in [0.1, 0.15) is 24.9 Å². The van der Waals surface area contributed by atoms with Crippen LogP contribution >= 0.6 is 11.6 Å². The summed E-state index contributed by atoms with van der Waals surface area (Å²) in [5.74, 6) is 0. The molecule has 0 bridgehead atoms. The molecule has 2 nitrogen and oxygen atoms in total. The zero-order chi connectivity index (χ0) is 11.4. The normalized spacial score (nSPS) is 15.3. The van der Waals surface area contributed by atoms with Crippen molar-refractivity contribution < 1.29 is 0 Å². The second-order valence-electron chi connectivity index (χ2n) is 4.00. The highest BCUT2D eigenvalue weighted by Crippen LogP contribution is 2.28. The summed E-state index contributed by atoms with van der Waals surface area (Å²) in [6.07, 6.45) is 0.939. The van der Waals surface area contributed by atoms with Crippen LogP contribution in [0, 0.1) is 0 Å². The highest BCUT2D eigenvalue weighted by Gasteiger charge is 2.22. The maximum absolute atomic E-state index is 6.18. The molecule has 0 saturated heterocycles. The van der Waals surface area contributed by atoms with E-state index >= 15 is 0 Å². The standard InChI is InChI=1S/C12H19ClN2/c1-4-11(14)12(15(2)3)9-7-5-6-8-10(9)13/h5-8,11-12H,4,14H2,1-3H3. The minimum atomic E-state index is 0.111. The predicted molar refractivity (Wildman–Crippen MR) is 66.1 cm³/mol. The van der Waals surface area contributed by atoms with Crippen molar-refractivity contribution in [2.75, 3.05) is 14.1 Å². The number of benzene rings is 1. The van der Waals surface area contributed by atoms with Gasteiger partial charge in [-0.05, 0) is 32.1 Å². The van der Waals surface area contributed by atoms with Crippen molar-refractivity contribution in [2.45, 2.75) is 25.4 Å². The van der Waals surface area contributed by atoms with E-state index in [0.29, 0.717) is 0 Å². The highest BCUT2D eigenvalue weighted by atomic mass is 35.5. The Morgan fingerprint density at radius 1 is 1.33 bits per heavy atom. The van der Waals surface area contributed by atoms with Gasteiger partial charge in [0, 0.05) is 11.1 Å². The lowest BCUT2D eigenvalue weighted by molar-refractivity contribution is 0.253. The molecule has 1 rings (SSSR count). The third kappa shape index (κ3) is 2.94. The van der Waals surface area contributed by atoms with Gasteiger partial charge in [0.15, 0.2) is 0 Å². The average Bonchev–Trinajstić information content (AvgIpc) is 2.20. The molecule has 0 amide bonds. The fourth-order valence-electron chi connectivity index (χ4n) is 1.83. The Morgan fingerprint density at radius 2 is 1.93 bits per heavy atom. The summed E-state index contributed by atoms with van der Waals surface area (Å²) in [5, 5.41) is 0.792. The molecule has 2 unspecified atom stereocenters. The van der Waals surface area contributed by atoms with Crippen LogP contribution in [0.3, 0.4) is 0 Å². The van der Waals surface area contributed by atoms with Crippen LogP contribution in [0.25, 0.3) is 0 Å². The Labute approximate surface area is 97.0 Å². The second-order valence-corrected chi connectivity index (χ2v) is 4.41. The van der Waals surface area contributed by atoms with Crippen molar-refractivity contribution in [3.63, 3.8) is 0 Å². The molecule has 1 aromatic carbocycles. The molecular formula is C12H19ClN2. The molecule has 2 N–H and O–H groups in total. The summed E-state index contributed by atoms with van der Waals surface area (Å²) in [4.78, 5) is 2.12. The molecule has 2 atom stereocenters. The Morgan fingerprint density at radius 3 is 2.40 bits per heavy atom. The first-order valence-electron chi connectivity index (χ1n) is 5.24. The summed E-state index contributed by atoms with van der Waals surface area (Å²) in [6, 6.07) is 8.19. The summed E-state index contributed by atoms with van der Waals surface area (Å²) in [5.41, 5.74) is 7.23. The van der Waals surface area contributed by atoms with E-state index in [0.717, 1.165) is 17.0 Å². The third-order valence-electron chi connectivity index (χ3n) is 2.66. The van der Waals surface area contributed by atoms with Gasteiger partial charge in [0.25, 0.3) is 0 Å². The number of rotatable bonds is 4. The quantitative estimate of drug-likeness (QED) is 0.856. The van der Waals surface area contributed by atoms with Crippen molar-refractivity contribution in [1.82, 2.24) is 4.90 Å². The van der Waals surface area contributed by atoms with Gasteiger partial charge in [-0.2, -0.15) is 0 Å². The third-order valence-corrected chi connectivity index (χ3v) is 3.00.